The molecular formula is C10H14N4O. The molecule has 0 radical (unpaired) electrons. The van der Waals surface area contributed by atoms with E-state index < -0.39 is 0 Å². The Morgan fingerprint density at radius 1 is 1.53 bits per heavy atom. The Labute approximate surface area is 87.8 Å². The molecule has 1 unspecified atom stereocenters. The lowest BCUT2D eigenvalue weighted by molar-refractivity contribution is -0.119. The molecule has 2 fully saturated rings. The fraction of sp³-hybridized carbons (Fsp3) is 0.700. The zero-order valence-electron chi connectivity index (χ0n) is 8.52. The van der Waals surface area contributed by atoms with Gasteiger partial charge < -0.3 is 5.32 Å². The van der Waals surface area contributed by atoms with E-state index in [1.54, 1.807) is 0 Å². The van der Waals surface area contributed by atoms with Crippen LogP contribution in [0, 0.1) is 5.92 Å². The fourth-order valence-electron chi connectivity index (χ4n) is 1.97. The molecule has 2 heterocycles. The van der Waals surface area contributed by atoms with Crippen LogP contribution in [0.4, 0.5) is 0 Å². The number of hydrogen-bond donors (Lipinski definition) is 1. The van der Waals surface area contributed by atoms with Gasteiger partial charge in [0.25, 0.3) is 0 Å². The molecule has 1 saturated heterocycles. The summed E-state index contributed by atoms with van der Waals surface area (Å²) >= 11 is 0. The van der Waals surface area contributed by atoms with Crippen molar-refractivity contribution < 1.29 is 4.79 Å². The molecule has 2 aliphatic rings. The van der Waals surface area contributed by atoms with E-state index in [1.807, 2.05) is 10.9 Å². The number of nitrogens with zero attached hydrogens (tertiary/aromatic N) is 3. The Kier molecular flexibility index (Phi) is 1.97. The molecule has 0 aromatic carbocycles. The first kappa shape index (κ1) is 8.88. The van der Waals surface area contributed by atoms with Gasteiger partial charge in [-0.2, -0.15) is 0 Å². The molecule has 1 aliphatic carbocycles. The molecule has 3 rings (SSSR count). The summed E-state index contributed by atoms with van der Waals surface area (Å²) in [5.41, 5.74) is 0.953. The molecule has 1 N–H and O–H groups in total. The van der Waals surface area contributed by atoms with Crippen LogP contribution in [0.25, 0.3) is 0 Å². The summed E-state index contributed by atoms with van der Waals surface area (Å²) < 4.78 is 1.91. The van der Waals surface area contributed by atoms with Crippen LogP contribution in [0.15, 0.2) is 6.20 Å². The largest absolute Gasteiger partial charge is 0.355 e. The molecule has 80 valence electrons. The third kappa shape index (κ3) is 1.86. The molecule has 0 bridgehead atoms. The summed E-state index contributed by atoms with van der Waals surface area (Å²) in [5.74, 6) is 1.16. The van der Waals surface area contributed by atoms with Gasteiger partial charge in [0.15, 0.2) is 0 Å². The second-order valence-electron chi connectivity index (χ2n) is 4.51. The first-order valence-electron chi connectivity index (χ1n) is 5.48. The second-order valence-corrected chi connectivity index (χ2v) is 4.51. The highest BCUT2D eigenvalue weighted by Crippen LogP contribution is 2.30. The number of aromatic nitrogens is 3. The average molecular weight is 206 g/mol. The van der Waals surface area contributed by atoms with Gasteiger partial charge in [-0.25, -0.2) is 0 Å². The lowest BCUT2D eigenvalue weighted by Crippen LogP contribution is -2.13. The van der Waals surface area contributed by atoms with Gasteiger partial charge in [0.05, 0.1) is 5.69 Å². The molecule has 5 heteroatoms. The lowest BCUT2D eigenvalue weighted by Gasteiger charge is -1.99. The summed E-state index contributed by atoms with van der Waals surface area (Å²) in [6, 6.07) is 0. The Bertz CT molecular complexity index is 383. The number of carbonyl (C=O) groups excluding carboxylic acids is 1. The van der Waals surface area contributed by atoms with Crippen molar-refractivity contribution in [3.8, 4) is 0 Å². The zero-order valence-corrected chi connectivity index (χ0v) is 8.52. The van der Waals surface area contributed by atoms with Crippen molar-refractivity contribution in [2.24, 2.45) is 5.92 Å². The zero-order chi connectivity index (χ0) is 10.3. The second kappa shape index (κ2) is 3.32. The highest BCUT2D eigenvalue weighted by molar-refractivity contribution is 5.79. The first-order valence-corrected chi connectivity index (χ1v) is 5.48. The van der Waals surface area contributed by atoms with Crippen LogP contribution in [0.5, 0.6) is 0 Å². The third-order valence-corrected chi connectivity index (χ3v) is 3.09. The summed E-state index contributed by atoms with van der Waals surface area (Å²) in [6.45, 7) is 1.70. The van der Waals surface area contributed by atoms with Gasteiger partial charge in [0, 0.05) is 31.6 Å². The molecule has 1 aromatic rings. The number of carbonyl (C=O) groups is 1. The predicted octanol–water partition coefficient (Wildman–Crippen LogP) is 0.292. The summed E-state index contributed by atoms with van der Waals surface area (Å²) in [7, 11) is 0. The van der Waals surface area contributed by atoms with Crippen LogP contribution in [0.1, 0.15) is 30.9 Å². The average Bonchev–Trinajstić information content (AvgIpc) is 2.74. The van der Waals surface area contributed by atoms with Gasteiger partial charge >= 0.3 is 0 Å². The lowest BCUT2D eigenvalue weighted by atomic mass is 10.1. The highest BCUT2D eigenvalue weighted by atomic mass is 16.1. The highest BCUT2D eigenvalue weighted by Gasteiger charge is 2.27. The van der Waals surface area contributed by atoms with Gasteiger partial charge in [0.1, 0.15) is 0 Å². The van der Waals surface area contributed by atoms with Crippen LogP contribution >= 0.6 is 0 Å². The van der Waals surface area contributed by atoms with Crippen LogP contribution in [0.2, 0.25) is 0 Å². The van der Waals surface area contributed by atoms with Crippen molar-refractivity contribution in [3.05, 3.63) is 11.9 Å². The minimum Gasteiger partial charge on any atom is -0.355 e. The maximum atomic E-state index is 11.1. The Morgan fingerprint density at radius 2 is 2.40 bits per heavy atom. The predicted molar refractivity (Wildman–Crippen MR) is 53.1 cm³/mol. The summed E-state index contributed by atoms with van der Waals surface area (Å²) in [4.78, 5) is 11.1. The molecular weight excluding hydrogens is 192 g/mol. The van der Waals surface area contributed by atoms with Crippen LogP contribution in [-0.2, 0) is 11.3 Å². The normalized spacial score (nSPS) is 25.6. The van der Waals surface area contributed by atoms with E-state index >= 15 is 0 Å². The summed E-state index contributed by atoms with van der Waals surface area (Å²) in [6.07, 6.45) is 5.18. The molecule has 5 nitrogen and oxygen atoms in total. The SMILES string of the molecule is O=C1CC(c2cn(CC3CC3)nn2)CN1. The van der Waals surface area contributed by atoms with E-state index in [1.165, 1.54) is 12.8 Å². The molecule has 15 heavy (non-hydrogen) atoms. The smallest absolute Gasteiger partial charge is 0.220 e. The van der Waals surface area contributed by atoms with Gasteiger partial charge in [-0.3, -0.25) is 9.48 Å². The molecule has 0 spiro atoms. The van der Waals surface area contributed by atoms with E-state index in [-0.39, 0.29) is 11.8 Å². The topological polar surface area (TPSA) is 59.8 Å². The van der Waals surface area contributed by atoms with E-state index in [4.69, 9.17) is 0 Å². The quantitative estimate of drug-likeness (QED) is 0.773. The van der Waals surface area contributed by atoms with E-state index in [9.17, 15) is 4.79 Å². The summed E-state index contributed by atoms with van der Waals surface area (Å²) in [5, 5.41) is 11.0. The number of amides is 1. The van der Waals surface area contributed by atoms with Gasteiger partial charge in [0.2, 0.25) is 5.91 Å². The van der Waals surface area contributed by atoms with Crippen LogP contribution in [0.3, 0.4) is 0 Å². The number of rotatable bonds is 3. The Balaban J connectivity index is 1.69. The van der Waals surface area contributed by atoms with Crippen molar-refractivity contribution in [1.82, 2.24) is 20.3 Å². The first-order chi connectivity index (χ1) is 7.31. The van der Waals surface area contributed by atoms with Crippen molar-refractivity contribution in [1.29, 1.82) is 0 Å². The van der Waals surface area contributed by atoms with Gasteiger partial charge in [-0.15, -0.1) is 5.10 Å². The van der Waals surface area contributed by atoms with Crippen LogP contribution in [-0.4, -0.2) is 27.4 Å². The number of nitrogens with one attached hydrogen (secondary N) is 1. The maximum absolute atomic E-state index is 11.1. The Hall–Kier alpha value is -1.39. The van der Waals surface area contributed by atoms with Crippen molar-refractivity contribution in [2.75, 3.05) is 6.54 Å². The molecule has 1 amide bonds. The van der Waals surface area contributed by atoms with Crippen LogP contribution < -0.4 is 5.32 Å². The van der Waals surface area contributed by atoms with Gasteiger partial charge in [-0.05, 0) is 18.8 Å². The molecule has 1 aliphatic heterocycles. The van der Waals surface area contributed by atoms with Crippen molar-refractivity contribution >= 4 is 5.91 Å². The third-order valence-electron chi connectivity index (χ3n) is 3.09. The van der Waals surface area contributed by atoms with E-state index in [0.717, 1.165) is 18.2 Å². The molecule has 1 aromatic heterocycles. The minimum absolute atomic E-state index is 0.122. The Morgan fingerprint density at radius 3 is 3.07 bits per heavy atom. The monoisotopic (exact) mass is 206 g/mol. The van der Waals surface area contributed by atoms with Crippen molar-refractivity contribution in [3.63, 3.8) is 0 Å². The maximum Gasteiger partial charge on any atom is 0.220 e. The standard InChI is InChI=1S/C10H14N4O/c15-10-3-8(4-11-10)9-6-14(13-12-9)5-7-1-2-7/h6-8H,1-5H2,(H,11,15). The molecule has 1 saturated carbocycles. The molecule has 1 atom stereocenters. The minimum atomic E-state index is 0.122. The van der Waals surface area contributed by atoms with Crippen molar-refractivity contribution in [2.45, 2.75) is 31.7 Å². The fourth-order valence-corrected chi connectivity index (χ4v) is 1.97. The van der Waals surface area contributed by atoms with E-state index in [2.05, 4.69) is 15.6 Å². The van der Waals surface area contributed by atoms with Gasteiger partial charge in [-0.1, -0.05) is 5.21 Å². The van der Waals surface area contributed by atoms with E-state index in [0.29, 0.717) is 13.0 Å². The number of hydrogen-bond acceptors (Lipinski definition) is 3.